The van der Waals surface area contributed by atoms with Crippen LogP contribution in [0.15, 0.2) is 135 Å². The van der Waals surface area contributed by atoms with Crippen molar-refractivity contribution < 1.29 is 0 Å². The van der Waals surface area contributed by atoms with Crippen molar-refractivity contribution in [1.29, 1.82) is 0 Å². The highest BCUT2D eigenvalue weighted by atomic mass is 32.1. The fourth-order valence-electron chi connectivity index (χ4n) is 4.20. The lowest BCUT2D eigenvalue weighted by Crippen LogP contribution is -2.31. The zero-order chi connectivity index (χ0) is 41.9. The Morgan fingerprint density at radius 1 is 0.517 bits per heavy atom. The van der Waals surface area contributed by atoms with E-state index in [-0.39, 0.29) is 0 Å². The second-order valence-corrected chi connectivity index (χ2v) is 16.4. The molecular formula is C40H44N12S6. The van der Waals surface area contributed by atoms with Crippen LogP contribution in [0.2, 0.25) is 0 Å². The minimum atomic E-state index is 0.560. The lowest BCUT2D eigenvalue weighted by atomic mass is 10.1. The van der Waals surface area contributed by atoms with Gasteiger partial charge in [0, 0.05) is 72.6 Å². The molecule has 0 radical (unpaired) electrons. The lowest BCUT2D eigenvalue weighted by molar-refractivity contribution is 0.606. The van der Waals surface area contributed by atoms with Crippen molar-refractivity contribution >= 4 is 103 Å². The second kappa shape index (κ2) is 23.8. The maximum atomic E-state index is 5.19. The zero-order valence-corrected chi connectivity index (χ0v) is 37.9. The third-order valence-electron chi connectivity index (χ3n) is 7.27. The van der Waals surface area contributed by atoms with Gasteiger partial charge in [0.05, 0.1) is 26.0 Å². The smallest absolute Gasteiger partial charge is 0.189 e. The molecule has 6 rings (SSSR count). The number of nitrogens with zero attached hydrogens (tertiary/aromatic N) is 9. The third-order valence-corrected chi connectivity index (χ3v) is 11.3. The van der Waals surface area contributed by atoms with Crippen molar-refractivity contribution in [2.75, 3.05) is 42.3 Å². The average Bonchev–Trinajstić information content (AvgIpc) is 4.06. The van der Waals surface area contributed by atoms with E-state index in [2.05, 4.69) is 46.5 Å². The van der Waals surface area contributed by atoms with E-state index in [1.165, 1.54) is 0 Å². The van der Waals surface area contributed by atoms with E-state index < -0.39 is 0 Å². The van der Waals surface area contributed by atoms with Gasteiger partial charge < -0.3 is 14.7 Å². The first-order valence-electron chi connectivity index (χ1n) is 17.5. The number of rotatable bonds is 9. The Kier molecular flexibility index (Phi) is 18.6. The van der Waals surface area contributed by atoms with Crippen molar-refractivity contribution in [3.63, 3.8) is 0 Å². The monoisotopic (exact) mass is 884 g/mol. The van der Waals surface area contributed by atoms with E-state index >= 15 is 0 Å². The molecule has 0 aliphatic carbocycles. The number of pyridine rings is 3. The number of aryl methyl sites for hydroxylation is 1. The molecule has 6 aromatic rings. The summed E-state index contributed by atoms with van der Waals surface area (Å²) in [6.07, 6.45) is 7.12. The van der Waals surface area contributed by atoms with Crippen LogP contribution >= 0.6 is 70.7 Å². The Morgan fingerprint density at radius 3 is 1.38 bits per heavy atom. The highest BCUT2D eigenvalue weighted by Gasteiger charge is 2.12. The van der Waals surface area contributed by atoms with Crippen LogP contribution in [-0.2, 0) is 0 Å². The molecule has 0 fully saturated rings. The number of hydrogen-bond donors (Lipinski definition) is 3. The molecule has 12 nitrogen and oxygen atoms in total. The van der Waals surface area contributed by atoms with E-state index in [4.69, 9.17) is 36.7 Å². The molecule has 0 aliphatic heterocycles. The third kappa shape index (κ3) is 14.5. The summed E-state index contributed by atoms with van der Waals surface area (Å²) in [6.45, 7) is 2.01. The number of thiophene rings is 3. The van der Waals surface area contributed by atoms with Gasteiger partial charge in [0.2, 0.25) is 0 Å². The van der Waals surface area contributed by atoms with Gasteiger partial charge in [0.1, 0.15) is 17.1 Å². The molecule has 300 valence electrons. The van der Waals surface area contributed by atoms with Crippen molar-refractivity contribution in [2.24, 2.45) is 15.3 Å². The highest BCUT2D eigenvalue weighted by Crippen LogP contribution is 2.17. The number of nitrogens with one attached hydrogen (secondary N) is 3. The Morgan fingerprint density at radius 2 is 1.00 bits per heavy atom. The summed E-state index contributed by atoms with van der Waals surface area (Å²) >= 11 is 20.4. The van der Waals surface area contributed by atoms with Crippen LogP contribution in [0.1, 0.15) is 37.1 Å². The molecule has 18 heteroatoms. The molecule has 0 spiro atoms. The summed E-state index contributed by atoms with van der Waals surface area (Å²) in [7, 11) is 11.2. The van der Waals surface area contributed by atoms with Crippen LogP contribution in [0.4, 0.5) is 0 Å². The molecule has 0 atom stereocenters. The summed E-state index contributed by atoms with van der Waals surface area (Å²) in [4.78, 5) is 21.5. The molecule has 0 saturated heterocycles. The van der Waals surface area contributed by atoms with Gasteiger partial charge in [-0.05, 0) is 114 Å². The standard InChI is InChI=1S/C14H16N4S2.2C13H14N4S2/c1-10-6-7-11(15-9-10)13(12-5-4-8-20-12)16-17-14(19)18(2)3;1-17(2)13(18)16-15-12(11-6-4-8-19-11)10-5-3-7-14-9-10;1-17(2)13(18)16-15-12(11-7-5-9-19-11)10-6-3-4-8-14-10/h4-9H,1-3H3,(H,17,19);2*3-9H,1-2H3,(H,16,18)/b16-13-;2*15-12-. The van der Waals surface area contributed by atoms with Crippen LogP contribution in [0.5, 0.6) is 0 Å². The van der Waals surface area contributed by atoms with Gasteiger partial charge in [-0.1, -0.05) is 30.3 Å². The zero-order valence-electron chi connectivity index (χ0n) is 33.0. The summed E-state index contributed by atoms with van der Waals surface area (Å²) < 4.78 is 0. The minimum Gasteiger partial charge on any atom is -0.354 e. The van der Waals surface area contributed by atoms with Gasteiger partial charge in [0.25, 0.3) is 0 Å². The van der Waals surface area contributed by atoms with Gasteiger partial charge in [-0.25, -0.2) is 0 Å². The number of thiocarbonyl (C=S) groups is 3. The predicted octanol–water partition coefficient (Wildman–Crippen LogP) is 7.30. The first-order valence-corrected chi connectivity index (χ1v) is 21.3. The molecule has 0 aliphatic rings. The minimum absolute atomic E-state index is 0.560. The van der Waals surface area contributed by atoms with E-state index in [9.17, 15) is 0 Å². The van der Waals surface area contributed by atoms with E-state index in [0.717, 1.165) is 54.3 Å². The molecule has 0 saturated carbocycles. The second-order valence-electron chi connectivity index (χ2n) is 12.4. The van der Waals surface area contributed by atoms with Gasteiger partial charge in [-0.15, -0.1) is 34.0 Å². The average molecular weight is 885 g/mol. The van der Waals surface area contributed by atoms with Gasteiger partial charge in [-0.3, -0.25) is 31.2 Å². The fraction of sp³-hybridized carbons (Fsp3) is 0.175. The van der Waals surface area contributed by atoms with Crippen molar-refractivity contribution in [1.82, 2.24) is 45.9 Å². The number of hydrogen-bond acceptors (Lipinski definition) is 12. The molecule has 6 aromatic heterocycles. The van der Waals surface area contributed by atoms with Gasteiger partial charge >= 0.3 is 0 Å². The van der Waals surface area contributed by atoms with Crippen LogP contribution in [0.3, 0.4) is 0 Å². The summed E-state index contributed by atoms with van der Waals surface area (Å²) in [5, 5.41) is 21.0. The summed E-state index contributed by atoms with van der Waals surface area (Å²) in [6, 6.07) is 25.6. The van der Waals surface area contributed by atoms with Crippen molar-refractivity contribution in [3.8, 4) is 0 Å². The molecule has 0 amide bonds. The Balaban J connectivity index is 0.000000193. The fourth-order valence-corrected chi connectivity index (χ4v) is 6.52. The van der Waals surface area contributed by atoms with Crippen LogP contribution in [-0.4, -0.2) is 104 Å². The summed E-state index contributed by atoms with van der Waals surface area (Å²) in [5.41, 5.74) is 14.8. The van der Waals surface area contributed by atoms with Crippen LogP contribution in [0, 0.1) is 6.92 Å². The van der Waals surface area contributed by atoms with Crippen LogP contribution in [0.25, 0.3) is 0 Å². The Hall–Kier alpha value is -5.37. The van der Waals surface area contributed by atoms with E-state index in [1.807, 2.05) is 150 Å². The molecule has 0 unspecified atom stereocenters. The molecule has 0 bridgehead atoms. The molecule has 58 heavy (non-hydrogen) atoms. The molecule has 0 aromatic carbocycles. The lowest BCUT2D eigenvalue weighted by Gasteiger charge is -2.13. The quantitative estimate of drug-likeness (QED) is 0.0768. The normalized spacial score (nSPS) is 11.2. The van der Waals surface area contributed by atoms with Gasteiger partial charge in [-0.2, -0.15) is 15.3 Å². The van der Waals surface area contributed by atoms with Crippen molar-refractivity contribution in [2.45, 2.75) is 6.92 Å². The van der Waals surface area contributed by atoms with Crippen molar-refractivity contribution in [3.05, 3.63) is 157 Å². The maximum absolute atomic E-state index is 5.19. The van der Waals surface area contributed by atoms with Gasteiger partial charge in [0.15, 0.2) is 15.3 Å². The Labute approximate surface area is 368 Å². The highest BCUT2D eigenvalue weighted by molar-refractivity contribution is 7.80. The van der Waals surface area contributed by atoms with Crippen LogP contribution < -0.4 is 16.3 Å². The largest absolute Gasteiger partial charge is 0.354 e. The first kappa shape index (κ1) is 45.3. The molecule has 6 heterocycles. The molecule has 3 N–H and O–H groups in total. The topological polar surface area (TPSA) is 122 Å². The van der Waals surface area contributed by atoms with E-state index in [0.29, 0.717) is 15.3 Å². The molecular weight excluding hydrogens is 841 g/mol. The number of aromatic nitrogens is 3. The summed E-state index contributed by atoms with van der Waals surface area (Å²) in [5.74, 6) is 0. The predicted molar refractivity (Wildman–Crippen MR) is 256 cm³/mol. The maximum Gasteiger partial charge on any atom is 0.189 e. The Bertz CT molecular complexity index is 2130. The number of hydrazone groups is 3. The SMILES string of the molecule is CN(C)C(=S)N/N=C(/c1ccccn1)c1cccs1.CN(C)C(=S)N/N=C(/c1cccnc1)c1cccs1.Cc1ccc(/C(=N/NC(=S)N(C)C)c2cccs2)nc1. The first-order chi connectivity index (χ1) is 27.9. The van der Waals surface area contributed by atoms with E-state index in [1.54, 1.807) is 67.3 Å².